The molecule has 25 heavy (non-hydrogen) atoms. The topological polar surface area (TPSA) is 94.9 Å². The van der Waals surface area contributed by atoms with Crippen molar-refractivity contribution in [2.45, 2.75) is 6.92 Å². The van der Waals surface area contributed by atoms with Crippen molar-refractivity contribution in [3.63, 3.8) is 0 Å². The van der Waals surface area contributed by atoms with Crippen molar-refractivity contribution in [3.05, 3.63) is 46.5 Å². The van der Waals surface area contributed by atoms with E-state index in [0.717, 1.165) is 0 Å². The number of benzene rings is 2. The van der Waals surface area contributed by atoms with Crippen LogP contribution in [-0.4, -0.2) is 23.4 Å². The van der Waals surface area contributed by atoms with Gasteiger partial charge in [-0.15, -0.1) is 0 Å². The first-order chi connectivity index (χ1) is 12.1. The maximum absolute atomic E-state index is 11.3. The zero-order valence-corrected chi connectivity index (χ0v) is 14.1. The maximum Gasteiger partial charge on any atom is 0.296 e. The van der Waals surface area contributed by atoms with E-state index in [4.69, 9.17) is 26.4 Å². The summed E-state index contributed by atoms with van der Waals surface area (Å²) in [4.78, 5) is 10.8. The number of hydrogen-bond acceptors (Lipinski definition) is 6. The molecule has 9 heteroatoms. The molecule has 130 valence electrons. The first-order valence-electron chi connectivity index (χ1n) is 7.45. The van der Waals surface area contributed by atoms with Crippen molar-refractivity contribution < 1.29 is 19.1 Å². The number of rotatable bonds is 5. The van der Waals surface area contributed by atoms with Crippen molar-refractivity contribution in [1.29, 1.82) is 0 Å². The van der Waals surface area contributed by atoms with E-state index in [1.807, 2.05) is 6.92 Å². The van der Waals surface area contributed by atoms with Crippen LogP contribution < -0.4 is 24.8 Å². The molecule has 0 aromatic heterocycles. The fraction of sp³-hybridized carbons (Fsp3) is 0.188. The second-order valence-electron chi connectivity index (χ2n) is 5.02. The van der Waals surface area contributed by atoms with Gasteiger partial charge in [-0.05, 0) is 43.4 Å². The summed E-state index contributed by atoms with van der Waals surface area (Å²) in [5, 5.41) is 17.3. The van der Waals surface area contributed by atoms with Gasteiger partial charge < -0.3 is 24.8 Å². The first-order valence-corrected chi connectivity index (χ1v) is 7.86. The number of nitrogens with one attached hydrogen (secondary N) is 2. The molecular weight excluding hydrogens is 346 g/mol. The van der Waals surface area contributed by atoms with Crippen LogP contribution in [0.25, 0.3) is 0 Å². The van der Waals surface area contributed by atoms with Crippen LogP contribution in [0.2, 0.25) is 0 Å². The number of nitro groups is 1. The van der Waals surface area contributed by atoms with Crippen LogP contribution in [0.1, 0.15) is 6.92 Å². The van der Waals surface area contributed by atoms with Crippen LogP contribution in [0.4, 0.5) is 17.1 Å². The Balaban J connectivity index is 1.73. The molecule has 0 atom stereocenters. The molecule has 2 aromatic carbocycles. The zero-order valence-electron chi connectivity index (χ0n) is 13.3. The number of nitrogens with zero attached hydrogens (tertiary/aromatic N) is 1. The molecule has 1 heterocycles. The van der Waals surface area contributed by atoms with Crippen LogP contribution in [-0.2, 0) is 0 Å². The molecule has 0 saturated carbocycles. The highest BCUT2D eigenvalue weighted by Gasteiger charge is 2.17. The number of thiocarbonyl (C=S) groups is 1. The van der Waals surface area contributed by atoms with Gasteiger partial charge in [0.15, 0.2) is 16.6 Å². The summed E-state index contributed by atoms with van der Waals surface area (Å²) in [6.45, 7) is 2.41. The predicted octanol–water partition coefficient (Wildman–Crippen LogP) is 3.53. The van der Waals surface area contributed by atoms with E-state index in [2.05, 4.69) is 10.6 Å². The third kappa shape index (κ3) is 3.89. The lowest BCUT2D eigenvalue weighted by Crippen LogP contribution is -2.19. The number of hydrogen-bond donors (Lipinski definition) is 2. The fourth-order valence-corrected chi connectivity index (χ4v) is 2.51. The Morgan fingerprint density at radius 2 is 2.04 bits per heavy atom. The van der Waals surface area contributed by atoms with Crippen molar-refractivity contribution in [2.75, 3.05) is 24.0 Å². The van der Waals surface area contributed by atoms with Gasteiger partial charge >= 0.3 is 0 Å². The second-order valence-corrected chi connectivity index (χ2v) is 5.42. The lowest BCUT2D eigenvalue weighted by atomic mass is 10.2. The Morgan fingerprint density at radius 3 is 2.80 bits per heavy atom. The Labute approximate surface area is 148 Å². The Morgan fingerprint density at radius 1 is 1.24 bits per heavy atom. The number of ether oxygens (including phenoxy) is 3. The number of anilines is 2. The van der Waals surface area contributed by atoms with E-state index >= 15 is 0 Å². The van der Waals surface area contributed by atoms with Gasteiger partial charge in [0, 0.05) is 11.8 Å². The lowest BCUT2D eigenvalue weighted by Gasteiger charge is -2.12. The minimum Gasteiger partial charge on any atom is -0.494 e. The van der Waals surface area contributed by atoms with Crippen LogP contribution >= 0.6 is 12.2 Å². The molecule has 0 saturated heterocycles. The summed E-state index contributed by atoms with van der Waals surface area (Å²) in [5.74, 6) is 1.70. The van der Waals surface area contributed by atoms with Crippen LogP contribution in [0.5, 0.6) is 17.2 Å². The van der Waals surface area contributed by atoms with Crippen molar-refractivity contribution in [3.8, 4) is 17.2 Å². The lowest BCUT2D eigenvalue weighted by molar-refractivity contribution is -0.384. The summed E-state index contributed by atoms with van der Waals surface area (Å²) < 4.78 is 15.8. The van der Waals surface area contributed by atoms with Gasteiger partial charge in [0.1, 0.15) is 11.4 Å². The summed E-state index contributed by atoms with van der Waals surface area (Å²) >= 11 is 5.23. The van der Waals surface area contributed by atoms with E-state index < -0.39 is 4.92 Å². The minimum atomic E-state index is -0.492. The van der Waals surface area contributed by atoms with E-state index in [9.17, 15) is 10.1 Å². The molecule has 2 N–H and O–H groups in total. The zero-order chi connectivity index (χ0) is 17.8. The van der Waals surface area contributed by atoms with E-state index in [0.29, 0.717) is 29.5 Å². The van der Waals surface area contributed by atoms with Gasteiger partial charge in [-0.25, -0.2) is 0 Å². The molecule has 0 amide bonds. The quantitative estimate of drug-likeness (QED) is 0.474. The van der Waals surface area contributed by atoms with E-state index in [1.54, 1.807) is 30.3 Å². The summed E-state index contributed by atoms with van der Waals surface area (Å²) in [7, 11) is 0. The highest BCUT2D eigenvalue weighted by atomic mass is 32.1. The average Bonchev–Trinajstić information content (AvgIpc) is 3.04. The number of nitro benzene ring substituents is 1. The van der Waals surface area contributed by atoms with Crippen LogP contribution in [0.15, 0.2) is 36.4 Å². The molecule has 0 aliphatic carbocycles. The van der Waals surface area contributed by atoms with Crippen molar-refractivity contribution in [1.82, 2.24) is 0 Å². The summed E-state index contributed by atoms with van der Waals surface area (Å²) in [5.41, 5.74) is 0.822. The van der Waals surface area contributed by atoms with Crippen molar-refractivity contribution >= 4 is 34.4 Å². The van der Waals surface area contributed by atoms with Gasteiger partial charge in [0.2, 0.25) is 6.79 Å². The van der Waals surface area contributed by atoms with Crippen LogP contribution in [0.3, 0.4) is 0 Å². The Hall–Kier alpha value is -3.07. The molecule has 0 radical (unpaired) electrons. The third-order valence-electron chi connectivity index (χ3n) is 3.36. The second kappa shape index (κ2) is 7.22. The smallest absolute Gasteiger partial charge is 0.296 e. The highest BCUT2D eigenvalue weighted by Crippen LogP contribution is 2.34. The van der Waals surface area contributed by atoms with E-state index in [-0.39, 0.29) is 23.3 Å². The summed E-state index contributed by atoms with van der Waals surface area (Å²) in [6, 6.07) is 9.82. The molecule has 1 aliphatic heterocycles. The monoisotopic (exact) mass is 361 g/mol. The average molecular weight is 361 g/mol. The SMILES string of the molecule is CCOc1ccc(NC(=S)Nc2ccc3c(c2)OCO3)c([N+](=O)[O-])c1. The molecule has 2 aromatic rings. The van der Waals surface area contributed by atoms with Crippen molar-refractivity contribution in [2.24, 2.45) is 0 Å². The van der Waals surface area contributed by atoms with Gasteiger partial charge in [-0.3, -0.25) is 10.1 Å². The fourth-order valence-electron chi connectivity index (χ4n) is 2.28. The molecule has 3 rings (SSSR count). The largest absolute Gasteiger partial charge is 0.494 e. The normalized spacial score (nSPS) is 11.7. The third-order valence-corrected chi connectivity index (χ3v) is 3.56. The van der Waals surface area contributed by atoms with Gasteiger partial charge in [0.25, 0.3) is 5.69 Å². The summed E-state index contributed by atoms with van der Waals surface area (Å²) in [6.07, 6.45) is 0. The number of fused-ring (bicyclic) bond motifs is 1. The molecular formula is C16H15N3O5S. The molecule has 8 nitrogen and oxygen atoms in total. The molecule has 0 fully saturated rings. The molecule has 0 spiro atoms. The van der Waals surface area contributed by atoms with Gasteiger partial charge in [0.05, 0.1) is 17.6 Å². The standard InChI is InChI=1S/C16H15N3O5S/c1-2-22-11-4-5-12(13(8-11)19(20)21)18-16(25)17-10-3-6-14-15(7-10)24-9-23-14/h3-8H,2,9H2,1H3,(H2,17,18,25). The first kappa shape index (κ1) is 16.8. The highest BCUT2D eigenvalue weighted by molar-refractivity contribution is 7.80. The molecule has 1 aliphatic rings. The molecule has 0 bridgehead atoms. The Kier molecular flexibility index (Phi) is 4.85. The Bertz CT molecular complexity index is 827. The molecule has 0 unspecified atom stereocenters. The van der Waals surface area contributed by atoms with E-state index in [1.165, 1.54) is 6.07 Å². The van der Waals surface area contributed by atoms with Crippen LogP contribution in [0, 0.1) is 10.1 Å². The van der Waals surface area contributed by atoms with Gasteiger partial charge in [-0.2, -0.15) is 0 Å². The predicted molar refractivity (Wildman–Crippen MR) is 96.7 cm³/mol. The van der Waals surface area contributed by atoms with Gasteiger partial charge in [-0.1, -0.05) is 0 Å². The maximum atomic E-state index is 11.3. The minimum absolute atomic E-state index is 0.124.